The van der Waals surface area contributed by atoms with Crippen molar-refractivity contribution >= 4 is 17.7 Å². The maximum atomic E-state index is 12.9. The summed E-state index contributed by atoms with van der Waals surface area (Å²) in [7, 11) is 0. The van der Waals surface area contributed by atoms with E-state index in [1.165, 1.54) is 6.42 Å². The second kappa shape index (κ2) is 9.03. The SMILES string of the molecule is C[C@]1(C#N)C[C@@H](CNC2CCCCC2Oc2ccc3c(c2)CN(C2CCC(=O)NC2=O)C3=O)C1. The molecule has 0 bridgehead atoms. The van der Waals surface area contributed by atoms with Gasteiger partial charge in [0.1, 0.15) is 17.9 Å². The molecule has 1 aromatic rings. The highest BCUT2D eigenvalue weighted by Gasteiger charge is 2.41. The van der Waals surface area contributed by atoms with Crippen LogP contribution in [0.3, 0.4) is 0 Å². The number of fused-ring (bicyclic) bond motifs is 1. The first-order valence-electron chi connectivity index (χ1n) is 12.4. The number of nitriles is 1. The number of rotatable bonds is 6. The number of nitrogens with one attached hydrogen (secondary N) is 2. The summed E-state index contributed by atoms with van der Waals surface area (Å²) in [6.45, 7) is 3.31. The van der Waals surface area contributed by atoms with Crippen LogP contribution < -0.4 is 15.4 Å². The summed E-state index contributed by atoms with van der Waals surface area (Å²) >= 11 is 0. The van der Waals surface area contributed by atoms with Crippen molar-refractivity contribution in [3.8, 4) is 11.8 Å². The van der Waals surface area contributed by atoms with Crippen LogP contribution in [0.25, 0.3) is 0 Å². The highest BCUT2D eigenvalue weighted by atomic mass is 16.5. The lowest BCUT2D eigenvalue weighted by Crippen LogP contribution is -2.52. The number of nitrogens with zero attached hydrogens (tertiary/aromatic N) is 2. The Morgan fingerprint density at radius 2 is 2.00 bits per heavy atom. The van der Waals surface area contributed by atoms with E-state index < -0.39 is 11.9 Å². The molecule has 1 aromatic carbocycles. The highest BCUT2D eigenvalue weighted by molar-refractivity contribution is 6.05. The molecule has 4 aliphatic rings. The zero-order valence-corrected chi connectivity index (χ0v) is 19.6. The van der Waals surface area contributed by atoms with E-state index in [2.05, 4.69) is 16.7 Å². The monoisotopic (exact) mass is 464 g/mol. The van der Waals surface area contributed by atoms with E-state index in [0.717, 1.165) is 50.0 Å². The molecular formula is C26H32N4O4. The fourth-order valence-electron chi connectivity index (χ4n) is 6.04. The molecule has 2 aliphatic heterocycles. The quantitative estimate of drug-likeness (QED) is 0.626. The van der Waals surface area contributed by atoms with Gasteiger partial charge in [-0.2, -0.15) is 5.26 Å². The number of imide groups is 1. The Morgan fingerprint density at radius 3 is 2.76 bits per heavy atom. The molecule has 8 nitrogen and oxygen atoms in total. The van der Waals surface area contributed by atoms with Gasteiger partial charge in [-0.25, -0.2) is 0 Å². The van der Waals surface area contributed by atoms with Gasteiger partial charge in [0.25, 0.3) is 5.91 Å². The van der Waals surface area contributed by atoms with Crippen LogP contribution in [0.2, 0.25) is 0 Å². The number of benzene rings is 1. The minimum Gasteiger partial charge on any atom is -0.489 e. The fourth-order valence-corrected chi connectivity index (χ4v) is 6.04. The average Bonchev–Trinajstić information content (AvgIpc) is 3.12. The van der Waals surface area contributed by atoms with E-state index in [9.17, 15) is 19.6 Å². The van der Waals surface area contributed by atoms with E-state index in [1.807, 2.05) is 19.1 Å². The topological polar surface area (TPSA) is 112 Å². The number of carbonyl (C=O) groups is 3. The van der Waals surface area contributed by atoms with Crippen LogP contribution in [-0.2, 0) is 16.1 Å². The Bertz CT molecular complexity index is 1040. The number of hydrogen-bond acceptors (Lipinski definition) is 6. The Hall–Kier alpha value is -2.92. The maximum absolute atomic E-state index is 12.9. The van der Waals surface area contributed by atoms with Crippen molar-refractivity contribution in [2.24, 2.45) is 11.3 Å². The van der Waals surface area contributed by atoms with Crippen molar-refractivity contribution in [1.82, 2.24) is 15.5 Å². The third-order valence-electron chi connectivity index (χ3n) is 7.90. The van der Waals surface area contributed by atoms with Gasteiger partial charge in [0.2, 0.25) is 11.8 Å². The third-order valence-corrected chi connectivity index (χ3v) is 7.90. The van der Waals surface area contributed by atoms with Gasteiger partial charge in [-0.3, -0.25) is 19.7 Å². The summed E-state index contributed by atoms with van der Waals surface area (Å²) < 4.78 is 6.42. The lowest BCUT2D eigenvalue weighted by atomic mass is 9.64. The van der Waals surface area contributed by atoms with Gasteiger partial charge in [0, 0.05) is 24.6 Å². The van der Waals surface area contributed by atoms with Crippen molar-refractivity contribution in [3.05, 3.63) is 29.3 Å². The third kappa shape index (κ3) is 4.41. The number of carbonyl (C=O) groups excluding carboxylic acids is 3. The average molecular weight is 465 g/mol. The molecule has 2 N–H and O–H groups in total. The van der Waals surface area contributed by atoms with Gasteiger partial charge < -0.3 is 15.0 Å². The summed E-state index contributed by atoms with van der Waals surface area (Å²) in [6.07, 6.45) is 6.95. The molecule has 1 saturated heterocycles. The van der Waals surface area contributed by atoms with E-state index in [-0.39, 0.29) is 35.8 Å². The summed E-state index contributed by atoms with van der Waals surface area (Å²) in [4.78, 5) is 38.2. The van der Waals surface area contributed by atoms with Crippen molar-refractivity contribution in [3.63, 3.8) is 0 Å². The second-order valence-corrected chi connectivity index (χ2v) is 10.6. The second-order valence-electron chi connectivity index (χ2n) is 10.6. The first-order chi connectivity index (χ1) is 16.3. The molecule has 2 saturated carbocycles. The van der Waals surface area contributed by atoms with E-state index in [4.69, 9.17) is 4.74 Å². The molecule has 0 radical (unpaired) electrons. The molecule has 34 heavy (non-hydrogen) atoms. The van der Waals surface area contributed by atoms with Gasteiger partial charge in [0.05, 0.1) is 11.5 Å². The Kier molecular flexibility index (Phi) is 6.07. The Labute approximate surface area is 200 Å². The predicted octanol–water partition coefficient (Wildman–Crippen LogP) is 2.67. The molecule has 3 atom stereocenters. The number of amides is 3. The Morgan fingerprint density at radius 1 is 1.21 bits per heavy atom. The van der Waals surface area contributed by atoms with Crippen LogP contribution in [0.15, 0.2) is 18.2 Å². The molecule has 2 heterocycles. The van der Waals surface area contributed by atoms with Gasteiger partial charge in [-0.05, 0) is 81.7 Å². The standard InChI is InChI=1S/C26H32N4O4/c1-26(15-27)11-16(12-26)13-28-20-4-2-3-5-22(20)34-18-6-7-19-17(10-18)14-30(25(19)33)21-8-9-23(31)29-24(21)32/h6-7,10,16,20-22,28H,2-5,8-9,11-14H2,1H3,(H,29,31,32)/t16-,20?,21?,22?,26+. The molecule has 3 amide bonds. The molecule has 3 fully saturated rings. The van der Waals surface area contributed by atoms with E-state index in [1.54, 1.807) is 11.0 Å². The van der Waals surface area contributed by atoms with Crippen LogP contribution in [0.4, 0.5) is 0 Å². The van der Waals surface area contributed by atoms with Crippen molar-refractivity contribution in [1.29, 1.82) is 5.26 Å². The van der Waals surface area contributed by atoms with Gasteiger partial charge in [0.15, 0.2) is 0 Å². The van der Waals surface area contributed by atoms with Gasteiger partial charge in [-0.15, -0.1) is 0 Å². The largest absolute Gasteiger partial charge is 0.489 e. The summed E-state index contributed by atoms with van der Waals surface area (Å²) in [5.41, 5.74) is 1.30. The number of piperidine rings is 1. The van der Waals surface area contributed by atoms with Crippen LogP contribution in [-0.4, -0.2) is 47.4 Å². The lowest BCUT2D eigenvalue weighted by molar-refractivity contribution is -0.136. The zero-order chi connectivity index (χ0) is 23.9. The van der Waals surface area contributed by atoms with Crippen molar-refractivity contribution in [2.45, 2.75) is 83.0 Å². The van der Waals surface area contributed by atoms with Crippen molar-refractivity contribution in [2.75, 3.05) is 6.54 Å². The van der Waals surface area contributed by atoms with Crippen LogP contribution in [0.1, 0.15) is 74.2 Å². The zero-order valence-electron chi connectivity index (χ0n) is 19.6. The predicted molar refractivity (Wildman–Crippen MR) is 124 cm³/mol. The molecule has 180 valence electrons. The van der Waals surface area contributed by atoms with Gasteiger partial charge >= 0.3 is 0 Å². The minimum absolute atomic E-state index is 0.0672. The van der Waals surface area contributed by atoms with Crippen molar-refractivity contribution < 1.29 is 19.1 Å². The van der Waals surface area contributed by atoms with Crippen LogP contribution >= 0.6 is 0 Å². The fraction of sp³-hybridized carbons (Fsp3) is 0.615. The Balaban J connectivity index is 1.21. The molecule has 0 aromatic heterocycles. The first kappa shape index (κ1) is 22.9. The number of ether oxygens (including phenoxy) is 1. The maximum Gasteiger partial charge on any atom is 0.255 e. The molecule has 8 heteroatoms. The number of hydrogen-bond donors (Lipinski definition) is 2. The smallest absolute Gasteiger partial charge is 0.255 e. The normalized spacial score (nSPS) is 33.1. The highest BCUT2D eigenvalue weighted by Crippen LogP contribution is 2.44. The summed E-state index contributed by atoms with van der Waals surface area (Å²) in [5.74, 6) is 0.449. The first-order valence-corrected chi connectivity index (χ1v) is 12.4. The van der Waals surface area contributed by atoms with E-state index >= 15 is 0 Å². The molecule has 5 rings (SSSR count). The van der Waals surface area contributed by atoms with E-state index in [0.29, 0.717) is 24.4 Å². The molecular weight excluding hydrogens is 432 g/mol. The lowest BCUT2D eigenvalue weighted by Gasteiger charge is -2.41. The van der Waals surface area contributed by atoms with Gasteiger partial charge in [-0.1, -0.05) is 6.42 Å². The van der Waals surface area contributed by atoms with Crippen LogP contribution in [0.5, 0.6) is 5.75 Å². The molecule has 3 unspecified atom stereocenters. The minimum atomic E-state index is -0.608. The molecule has 0 spiro atoms. The summed E-state index contributed by atoms with van der Waals surface area (Å²) in [6, 6.07) is 7.66. The molecule has 2 aliphatic carbocycles. The van der Waals surface area contributed by atoms with Crippen LogP contribution in [0, 0.1) is 22.7 Å². The summed E-state index contributed by atoms with van der Waals surface area (Å²) in [5, 5.41) is 15.3.